The molecule has 4 heterocycles. The molecule has 1 N–H and O–H groups in total. The van der Waals surface area contributed by atoms with Crippen LogP contribution >= 0.6 is 0 Å². The number of aliphatic hydroxyl groups excluding tert-OH is 1. The number of rotatable bonds is 4. The summed E-state index contributed by atoms with van der Waals surface area (Å²) < 4.78 is 25.9. The molecule has 5 rings (SSSR count). The van der Waals surface area contributed by atoms with Gasteiger partial charge in [-0.15, -0.1) is 0 Å². The number of carbonyl (C=O) groups is 1. The first-order chi connectivity index (χ1) is 15.2. The van der Waals surface area contributed by atoms with Crippen LogP contribution in [0.1, 0.15) is 5.56 Å². The monoisotopic (exact) mass is 443 g/mol. The van der Waals surface area contributed by atoms with E-state index in [0.717, 1.165) is 12.7 Å². The number of ether oxygens (including phenoxy) is 2. The Morgan fingerprint density at radius 3 is 2.45 bits per heavy atom. The minimum absolute atomic E-state index is 0.134. The largest absolute Gasteiger partial charge is 0.484 e. The zero-order valence-corrected chi connectivity index (χ0v) is 18.1. The highest BCUT2D eigenvalue weighted by atomic mass is 32.2. The van der Waals surface area contributed by atoms with Crippen LogP contribution in [-0.2, 0) is 22.2 Å². The fourth-order valence-electron chi connectivity index (χ4n) is 3.88. The zero-order chi connectivity index (χ0) is 21.8. The van der Waals surface area contributed by atoms with Crippen LogP contribution in [0, 0.1) is 0 Å². The van der Waals surface area contributed by atoms with Crippen molar-refractivity contribution in [1.29, 1.82) is 0 Å². The second kappa shape index (κ2) is 9.59. The van der Waals surface area contributed by atoms with Crippen molar-refractivity contribution in [3.63, 3.8) is 0 Å². The van der Waals surface area contributed by atoms with Crippen LogP contribution in [-0.4, -0.2) is 75.9 Å². The third kappa shape index (κ3) is 4.63. The van der Waals surface area contributed by atoms with Gasteiger partial charge in [-0.25, -0.2) is 13.5 Å². The van der Waals surface area contributed by atoms with Gasteiger partial charge >= 0.3 is 0 Å². The zero-order valence-electron chi connectivity index (χ0n) is 17.3. The average Bonchev–Trinajstić information content (AvgIpc) is 3.40. The van der Waals surface area contributed by atoms with E-state index in [0.29, 0.717) is 62.3 Å². The van der Waals surface area contributed by atoms with Crippen LogP contribution in [0.4, 0.5) is 0 Å². The van der Waals surface area contributed by atoms with Gasteiger partial charge in [-0.3, -0.25) is 4.79 Å². The summed E-state index contributed by atoms with van der Waals surface area (Å²) in [7, 11) is -0.329. The molecule has 2 aromatic rings. The molecular weight excluding hydrogens is 418 g/mol. The molecule has 3 aliphatic rings. The average molecular weight is 444 g/mol. The van der Waals surface area contributed by atoms with Gasteiger partial charge in [0.05, 0.1) is 11.3 Å². The lowest BCUT2D eigenvalue weighted by atomic mass is 10.1. The number of benzene rings is 1. The number of hydrogen-bond donors (Lipinski definition) is 1. The lowest BCUT2D eigenvalue weighted by molar-refractivity contribution is -0.129. The molecule has 0 radical (unpaired) electrons. The standard InChI is InChI=1S/C21H21N3O4S.CH4O/c25-20(8-15-4-2-1-3-5-15)23-11-16-13-24(14-17(16)12-23)29(26)18-9-19-21(22-10-18)28-7-6-27-19;1-2/h1-5,9-10H,6-8,11-14H2;2H,1H3. The fourth-order valence-corrected chi connectivity index (χ4v) is 5.08. The minimum atomic E-state index is -1.33. The van der Waals surface area contributed by atoms with Crippen LogP contribution in [0.25, 0.3) is 0 Å². The molecule has 1 aromatic carbocycles. The summed E-state index contributed by atoms with van der Waals surface area (Å²) >= 11 is 0. The van der Waals surface area contributed by atoms with Gasteiger partial charge in [0, 0.05) is 45.6 Å². The predicted octanol–water partition coefficient (Wildman–Crippen LogP) is 1.18. The number of amides is 1. The smallest absolute Gasteiger partial charge is 0.257 e. The third-order valence-corrected chi connectivity index (χ3v) is 6.71. The Labute approximate surface area is 183 Å². The number of aromatic nitrogens is 1. The summed E-state index contributed by atoms with van der Waals surface area (Å²) in [6, 6.07) is 11.5. The normalized spacial score (nSPS) is 18.3. The molecule has 0 saturated carbocycles. The minimum Gasteiger partial charge on any atom is -0.484 e. The predicted molar refractivity (Wildman–Crippen MR) is 115 cm³/mol. The maximum absolute atomic E-state index is 13.0. The number of nitrogens with zero attached hydrogens (tertiary/aromatic N) is 3. The van der Waals surface area contributed by atoms with E-state index in [4.69, 9.17) is 14.6 Å². The Balaban J connectivity index is 0.00000112. The molecule has 31 heavy (non-hydrogen) atoms. The SMILES string of the molecule is CO.O=C(Cc1ccccc1)N1CC2=C(C1)CN(S(=O)c1cnc3c(c1)OCCO3)C2. The van der Waals surface area contributed by atoms with E-state index in [9.17, 15) is 9.00 Å². The summed E-state index contributed by atoms with van der Waals surface area (Å²) in [6.45, 7) is 3.39. The van der Waals surface area contributed by atoms with Crippen LogP contribution < -0.4 is 9.47 Å². The van der Waals surface area contributed by atoms with E-state index >= 15 is 0 Å². The highest BCUT2D eigenvalue weighted by molar-refractivity contribution is 7.82. The van der Waals surface area contributed by atoms with E-state index in [1.165, 1.54) is 11.1 Å². The Bertz CT molecular complexity index is 993. The molecule has 0 spiro atoms. The van der Waals surface area contributed by atoms with Crippen molar-refractivity contribution in [1.82, 2.24) is 14.2 Å². The van der Waals surface area contributed by atoms with Crippen molar-refractivity contribution in [2.24, 2.45) is 0 Å². The number of aliphatic hydroxyl groups is 1. The van der Waals surface area contributed by atoms with Crippen molar-refractivity contribution in [2.45, 2.75) is 11.3 Å². The number of carbonyl (C=O) groups excluding carboxylic acids is 1. The number of fused-ring (bicyclic) bond motifs is 1. The van der Waals surface area contributed by atoms with Crippen LogP contribution in [0.5, 0.6) is 11.6 Å². The van der Waals surface area contributed by atoms with E-state index in [2.05, 4.69) is 4.98 Å². The second-order valence-corrected chi connectivity index (χ2v) is 8.82. The lowest BCUT2D eigenvalue weighted by Gasteiger charge is -2.23. The van der Waals surface area contributed by atoms with Gasteiger partial charge in [-0.2, -0.15) is 0 Å². The molecule has 0 bridgehead atoms. The Morgan fingerprint density at radius 2 is 1.74 bits per heavy atom. The summed E-state index contributed by atoms with van der Waals surface area (Å²) in [4.78, 5) is 19.3. The molecule has 9 heteroatoms. The van der Waals surface area contributed by atoms with E-state index in [1.54, 1.807) is 12.3 Å². The Kier molecular flexibility index (Phi) is 6.64. The van der Waals surface area contributed by atoms with Gasteiger partial charge in [0.1, 0.15) is 24.2 Å². The maximum Gasteiger partial charge on any atom is 0.257 e. The molecular formula is C22H25N3O5S. The molecule has 8 nitrogen and oxygen atoms in total. The molecule has 1 aromatic heterocycles. The van der Waals surface area contributed by atoms with Crippen molar-refractivity contribution in [2.75, 3.05) is 46.5 Å². The van der Waals surface area contributed by atoms with E-state index < -0.39 is 11.0 Å². The number of hydrogen-bond acceptors (Lipinski definition) is 6. The van der Waals surface area contributed by atoms with E-state index in [1.807, 2.05) is 39.5 Å². The first kappa shape index (κ1) is 21.5. The molecule has 0 saturated heterocycles. The van der Waals surface area contributed by atoms with E-state index in [-0.39, 0.29) is 5.91 Å². The summed E-state index contributed by atoms with van der Waals surface area (Å²) in [5, 5.41) is 7.00. The summed E-state index contributed by atoms with van der Waals surface area (Å²) in [5.41, 5.74) is 3.42. The number of pyridine rings is 1. The van der Waals surface area contributed by atoms with Gasteiger partial charge in [0.25, 0.3) is 5.88 Å². The van der Waals surface area contributed by atoms with Crippen molar-refractivity contribution < 1.29 is 23.6 Å². The van der Waals surface area contributed by atoms with Gasteiger partial charge in [-0.05, 0) is 16.7 Å². The quantitative estimate of drug-likeness (QED) is 0.714. The highest BCUT2D eigenvalue weighted by Gasteiger charge is 2.34. The molecule has 1 amide bonds. The molecule has 1 atom stereocenters. The van der Waals surface area contributed by atoms with Crippen molar-refractivity contribution in [3.8, 4) is 11.6 Å². The van der Waals surface area contributed by atoms with Gasteiger partial charge in [0.2, 0.25) is 5.91 Å². The van der Waals surface area contributed by atoms with Gasteiger partial charge in [-0.1, -0.05) is 30.3 Å². The first-order valence-corrected chi connectivity index (χ1v) is 11.2. The van der Waals surface area contributed by atoms with Gasteiger partial charge in [0.15, 0.2) is 5.75 Å². The fraction of sp³-hybridized carbons (Fsp3) is 0.364. The lowest BCUT2D eigenvalue weighted by Crippen LogP contribution is -2.35. The molecule has 164 valence electrons. The molecule has 3 aliphatic heterocycles. The second-order valence-electron chi connectivity index (χ2n) is 7.34. The summed E-state index contributed by atoms with van der Waals surface area (Å²) in [5.74, 6) is 1.13. The maximum atomic E-state index is 13.0. The first-order valence-electron chi connectivity index (χ1n) is 10.1. The molecule has 0 fully saturated rings. The molecule has 0 aliphatic carbocycles. The molecule has 1 unspecified atom stereocenters. The van der Waals surface area contributed by atoms with Crippen LogP contribution in [0.3, 0.4) is 0 Å². The third-order valence-electron chi connectivity index (χ3n) is 5.36. The van der Waals surface area contributed by atoms with Gasteiger partial charge < -0.3 is 19.5 Å². The van der Waals surface area contributed by atoms with Crippen molar-refractivity contribution in [3.05, 3.63) is 59.3 Å². The van der Waals surface area contributed by atoms with Crippen LogP contribution in [0.15, 0.2) is 58.6 Å². The highest BCUT2D eigenvalue weighted by Crippen LogP contribution is 2.32. The summed E-state index contributed by atoms with van der Waals surface area (Å²) in [6.07, 6.45) is 2.00. The topological polar surface area (TPSA) is 92.2 Å². The van der Waals surface area contributed by atoms with Crippen molar-refractivity contribution >= 4 is 16.9 Å². The Hall–Kier alpha value is -2.75. The van der Waals surface area contributed by atoms with Crippen LogP contribution in [0.2, 0.25) is 0 Å². The Morgan fingerprint density at radius 1 is 1.06 bits per heavy atom.